The van der Waals surface area contributed by atoms with Crippen LogP contribution in [0.5, 0.6) is 11.5 Å². The largest absolute Gasteiger partial charge is 0.465 e. The number of esters is 1. The molecule has 5 heteroatoms. The molecule has 0 amide bonds. The molecule has 194 valence electrons. The van der Waals surface area contributed by atoms with Crippen molar-refractivity contribution in [1.82, 2.24) is 0 Å². The molecule has 39 heavy (non-hydrogen) atoms. The van der Waals surface area contributed by atoms with Gasteiger partial charge < -0.3 is 14.3 Å². The first-order valence-electron chi connectivity index (χ1n) is 13.1. The van der Waals surface area contributed by atoms with Crippen molar-refractivity contribution < 1.29 is 14.3 Å². The molecule has 0 aliphatic carbocycles. The molecule has 0 atom stereocenters. The fraction of sp³-hybridized carbons (Fsp3) is 0.147. The van der Waals surface area contributed by atoms with E-state index >= 15 is 0 Å². The molecule has 0 saturated heterocycles. The number of hydrogen-bond acceptors (Lipinski definition) is 4. The molecule has 0 N–H and O–H groups in total. The van der Waals surface area contributed by atoms with E-state index in [-0.39, 0.29) is 12.8 Å². The van der Waals surface area contributed by atoms with Crippen LogP contribution < -0.4 is 15.0 Å². The molecule has 0 radical (unpaired) electrons. The second-order valence-electron chi connectivity index (χ2n) is 9.99. The van der Waals surface area contributed by atoms with Gasteiger partial charge in [-0.05, 0) is 105 Å². The molecule has 0 fully saturated rings. The van der Waals surface area contributed by atoms with Crippen molar-refractivity contribution in [1.29, 1.82) is 0 Å². The third-order valence-corrected chi connectivity index (χ3v) is 7.14. The van der Waals surface area contributed by atoms with E-state index in [1.54, 1.807) is 0 Å². The number of allylic oxidation sites excluding steroid dienone is 2. The molecule has 5 rings (SSSR count). The topological polar surface area (TPSA) is 38.8 Å². The normalized spacial score (nSPS) is 12.8. The highest BCUT2D eigenvalue weighted by atomic mass is 16.5. The zero-order valence-electron chi connectivity index (χ0n) is 23.1. The highest BCUT2D eigenvalue weighted by Crippen LogP contribution is 2.34. The van der Waals surface area contributed by atoms with Crippen LogP contribution in [0.25, 0.3) is 5.70 Å². The minimum absolute atomic E-state index is 0.0192. The van der Waals surface area contributed by atoms with Gasteiger partial charge in [0.25, 0.3) is 0 Å². The van der Waals surface area contributed by atoms with Gasteiger partial charge in [0.05, 0.1) is 12.7 Å². The number of carbonyl (C=O) groups is 1. The van der Waals surface area contributed by atoms with Crippen molar-refractivity contribution in [2.24, 2.45) is 0 Å². The van der Waals surface area contributed by atoms with Gasteiger partial charge in [0.15, 0.2) is 0 Å². The number of para-hydroxylation sites is 1. The lowest BCUT2D eigenvalue weighted by Crippen LogP contribution is -2.49. The Morgan fingerprint density at radius 1 is 0.769 bits per heavy atom. The second-order valence-corrected chi connectivity index (χ2v) is 9.99. The number of anilines is 1. The Labute approximate surface area is 231 Å². The molecule has 0 spiro atoms. The molecule has 0 unspecified atom stereocenters. The Morgan fingerprint density at radius 3 is 2.08 bits per heavy atom. The summed E-state index contributed by atoms with van der Waals surface area (Å²) in [4.78, 5) is 14.7. The summed E-state index contributed by atoms with van der Waals surface area (Å²) in [5, 5.41) is 0. The molecular weight excluding hydrogens is 481 g/mol. The van der Waals surface area contributed by atoms with Gasteiger partial charge >= 0.3 is 12.8 Å². The summed E-state index contributed by atoms with van der Waals surface area (Å²) >= 11 is 0. The Hall–Kier alpha value is -4.51. The number of hydrogen-bond donors (Lipinski definition) is 0. The van der Waals surface area contributed by atoms with Crippen molar-refractivity contribution >= 4 is 29.7 Å². The molecule has 1 heterocycles. The van der Waals surface area contributed by atoms with E-state index in [1.807, 2.05) is 61.5 Å². The molecule has 4 nitrogen and oxygen atoms in total. The monoisotopic (exact) mass is 513 g/mol. The number of aryl methyl sites for hydroxylation is 4. The highest BCUT2D eigenvalue weighted by Gasteiger charge is 2.32. The van der Waals surface area contributed by atoms with E-state index in [2.05, 4.69) is 74.0 Å². The summed E-state index contributed by atoms with van der Waals surface area (Å²) < 4.78 is 11.0. The number of nitrogens with zero attached hydrogens (tertiary/aromatic N) is 1. The zero-order valence-corrected chi connectivity index (χ0v) is 23.1. The molecule has 1 aliphatic rings. The van der Waals surface area contributed by atoms with Crippen molar-refractivity contribution in [2.45, 2.75) is 27.7 Å². The first kappa shape index (κ1) is 26.1. The third-order valence-electron chi connectivity index (χ3n) is 7.14. The Morgan fingerprint density at radius 2 is 1.44 bits per heavy atom. The SMILES string of the molecule is COC(=O)c1ccc(N2B(c3c(C)cc(C)cc3C)C=CC=C2c2ccc(Oc3ccccc3)cc2)cc1C. The summed E-state index contributed by atoms with van der Waals surface area (Å²) in [6.45, 7) is 8.43. The number of rotatable bonds is 6. The average Bonchev–Trinajstić information content (AvgIpc) is 2.93. The van der Waals surface area contributed by atoms with Crippen LogP contribution >= 0.6 is 0 Å². The molecule has 0 aromatic heterocycles. The van der Waals surface area contributed by atoms with Crippen molar-refractivity contribution in [3.63, 3.8) is 0 Å². The van der Waals surface area contributed by atoms with Gasteiger partial charge in [-0.15, -0.1) is 0 Å². The van der Waals surface area contributed by atoms with E-state index in [4.69, 9.17) is 9.47 Å². The maximum absolute atomic E-state index is 12.3. The Balaban J connectivity index is 1.58. The minimum atomic E-state index is -0.330. The van der Waals surface area contributed by atoms with E-state index < -0.39 is 0 Å². The van der Waals surface area contributed by atoms with Crippen LogP contribution in [-0.2, 0) is 4.74 Å². The highest BCUT2D eigenvalue weighted by molar-refractivity contribution is 6.83. The predicted molar refractivity (Wildman–Crippen MR) is 161 cm³/mol. The molecule has 4 aromatic carbocycles. The quantitative estimate of drug-likeness (QED) is 0.200. The van der Waals surface area contributed by atoms with Crippen LogP contribution in [0.3, 0.4) is 0 Å². The first-order chi connectivity index (χ1) is 18.9. The van der Waals surface area contributed by atoms with Gasteiger partial charge in [0.2, 0.25) is 0 Å². The zero-order chi connectivity index (χ0) is 27.5. The standard InChI is InChI=1S/C34H32BNO3/c1-23-20-25(3)33(26(4)21-23)35-19-9-12-32(36(35)28-15-18-31(24(2)22-28)34(37)38-5)27-13-16-30(17-14-27)39-29-10-7-6-8-11-29/h6-22H,1-5H3. The van der Waals surface area contributed by atoms with Gasteiger partial charge in [0, 0.05) is 11.4 Å². The molecule has 0 saturated carbocycles. The summed E-state index contributed by atoms with van der Waals surface area (Å²) in [5.74, 6) is 3.50. The molecule has 1 aliphatic heterocycles. The maximum Gasteiger partial charge on any atom is 0.338 e. The smallest absolute Gasteiger partial charge is 0.338 e. The number of carbonyl (C=O) groups excluding carboxylic acids is 1. The van der Waals surface area contributed by atoms with E-state index in [0.717, 1.165) is 34.0 Å². The van der Waals surface area contributed by atoms with Crippen molar-refractivity contribution in [3.05, 3.63) is 136 Å². The Kier molecular flexibility index (Phi) is 7.42. The first-order valence-corrected chi connectivity index (χ1v) is 13.1. The molecule has 4 aromatic rings. The molecule has 0 bridgehead atoms. The van der Waals surface area contributed by atoms with Crippen LogP contribution in [-0.4, -0.2) is 19.9 Å². The summed E-state index contributed by atoms with van der Waals surface area (Å²) in [6, 6.07) is 28.4. The van der Waals surface area contributed by atoms with Crippen molar-refractivity contribution in [2.75, 3.05) is 11.9 Å². The lowest BCUT2D eigenvalue weighted by atomic mass is 9.50. The fourth-order valence-corrected chi connectivity index (χ4v) is 5.44. The predicted octanol–water partition coefficient (Wildman–Crippen LogP) is 7.35. The average molecular weight is 513 g/mol. The Bertz CT molecular complexity index is 1550. The lowest BCUT2D eigenvalue weighted by molar-refractivity contribution is 0.0600. The van der Waals surface area contributed by atoms with E-state index in [1.165, 1.54) is 29.3 Å². The minimum Gasteiger partial charge on any atom is -0.465 e. The number of methoxy groups -OCH3 is 1. The van der Waals surface area contributed by atoms with Crippen molar-refractivity contribution in [3.8, 4) is 11.5 Å². The van der Waals surface area contributed by atoms with Gasteiger partial charge in [-0.3, -0.25) is 0 Å². The summed E-state index contributed by atoms with van der Waals surface area (Å²) in [5.41, 5.74) is 9.62. The summed E-state index contributed by atoms with van der Waals surface area (Å²) in [7, 11) is 1.41. The fourth-order valence-electron chi connectivity index (χ4n) is 5.44. The van der Waals surface area contributed by atoms with Crippen LogP contribution in [0.15, 0.2) is 103 Å². The van der Waals surface area contributed by atoms with Crippen LogP contribution in [0.2, 0.25) is 0 Å². The van der Waals surface area contributed by atoms with Crippen LogP contribution in [0, 0.1) is 27.7 Å². The van der Waals surface area contributed by atoms with Gasteiger partial charge in [0.1, 0.15) is 11.5 Å². The van der Waals surface area contributed by atoms with Crippen LogP contribution in [0.1, 0.15) is 38.2 Å². The van der Waals surface area contributed by atoms with Gasteiger partial charge in [-0.2, -0.15) is 0 Å². The second kappa shape index (κ2) is 11.1. The third kappa shape index (κ3) is 5.39. The maximum atomic E-state index is 12.3. The van der Waals surface area contributed by atoms with E-state index in [0.29, 0.717) is 5.56 Å². The van der Waals surface area contributed by atoms with Gasteiger partial charge in [-0.25, -0.2) is 4.79 Å². The molecular formula is C34H32BNO3. The van der Waals surface area contributed by atoms with Gasteiger partial charge in [-0.1, -0.05) is 59.1 Å². The number of benzene rings is 4. The summed E-state index contributed by atoms with van der Waals surface area (Å²) in [6.07, 6.45) is 4.28. The lowest BCUT2D eigenvalue weighted by Gasteiger charge is -2.36. The number of ether oxygens (including phenoxy) is 2. The van der Waals surface area contributed by atoms with Crippen LogP contribution in [0.4, 0.5) is 5.69 Å². The van der Waals surface area contributed by atoms with E-state index in [9.17, 15) is 4.79 Å².